The smallest absolute Gasteiger partial charge is 0.251 e. The van der Waals surface area contributed by atoms with Crippen LogP contribution in [0.2, 0.25) is 0 Å². The van der Waals surface area contributed by atoms with E-state index in [-0.39, 0.29) is 5.91 Å². The first-order valence-corrected chi connectivity index (χ1v) is 8.76. The lowest BCUT2D eigenvalue weighted by Crippen LogP contribution is -2.22. The Balaban J connectivity index is 1.92. The minimum Gasteiger partial charge on any atom is -0.497 e. The van der Waals surface area contributed by atoms with E-state index in [0.717, 1.165) is 34.4 Å². The summed E-state index contributed by atoms with van der Waals surface area (Å²) in [5.41, 5.74) is 1.61. The van der Waals surface area contributed by atoms with Gasteiger partial charge in [0.1, 0.15) is 11.5 Å². The average molecular weight is 392 g/mol. The van der Waals surface area contributed by atoms with Crippen LogP contribution in [0.3, 0.4) is 0 Å². The van der Waals surface area contributed by atoms with Crippen molar-refractivity contribution in [3.63, 3.8) is 0 Å². The predicted molar refractivity (Wildman–Crippen MR) is 98.7 cm³/mol. The van der Waals surface area contributed by atoms with Crippen LogP contribution in [0.4, 0.5) is 0 Å². The zero-order chi connectivity index (χ0) is 17.4. The molecule has 0 saturated heterocycles. The third-order valence-electron chi connectivity index (χ3n) is 3.56. The first-order chi connectivity index (χ1) is 11.6. The Hall–Kier alpha value is -2.01. The number of hydrogen-bond donors (Lipinski definition) is 1. The molecule has 0 unspecified atom stereocenters. The molecule has 0 atom stereocenters. The molecule has 4 nitrogen and oxygen atoms in total. The molecule has 2 rings (SSSR count). The van der Waals surface area contributed by atoms with Gasteiger partial charge in [0.2, 0.25) is 0 Å². The van der Waals surface area contributed by atoms with Crippen molar-refractivity contribution in [2.75, 3.05) is 13.7 Å². The molecule has 128 valence electrons. The molecule has 2 aromatic rings. The lowest BCUT2D eigenvalue weighted by molar-refractivity contribution is 0.0951. The van der Waals surface area contributed by atoms with E-state index in [1.807, 2.05) is 30.3 Å². The SMILES string of the molecule is CCCCOc1ccc(C(=O)NCc2ccc(OC)cc2)cc1Br. The fraction of sp³-hybridized carbons (Fsp3) is 0.316. The van der Waals surface area contributed by atoms with E-state index in [1.54, 1.807) is 19.2 Å². The summed E-state index contributed by atoms with van der Waals surface area (Å²) in [6, 6.07) is 13.0. The third-order valence-corrected chi connectivity index (χ3v) is 4.18. The highest BCUT2D eigenvalue weighted by molar-refractivity contribution is 9.10. The minimum absolute atomic E-state index is 0.119. The van der Waals surface area contributed by atoms with Crippen molar-refractivity contribution < 1.29 is 14.3 Å². The molecule has 5 heteroatoms. The van der Waals surface area contributed by atoms with Gasteiger partial charge < -0.3 is 14.8 Å². The monoisotopic (exact) mass is 391 g/mol. The number of methoxy groups -OCH3 is 1. The van der Waals surface area contributed by atoms with Gasteiger partial charge in [0.25, 0.3) is 5.91 Å². The number of ether oxygens (including phenoxy) is 2. The van der Waals surface area contributed by atoms with Crippen LogP contribution in [0.1, 0.15) is 35.7 Å². The van der Waals surface area contributed by atoms with E-state index in [0.29, 0.717) is 18.7 Å². The van der Waals surface area contributed by atoms with Gasteiger partial charge >= 0.3 is 0 Å². The maximum absolute atomic E-state index is 12.3. The normalized spacial score (nSPS) is 10.3. The molecule has 0 radical (unpaired) electrons. The first-order valence-electron chi connectivity index (χ1n) is 7.97. The summed E-state index contributed by atoms with van der Waals surface area (Å²) in [6.07, 6.45) is 2.10. The number of rotatable bonds is 8. The van der Waals surface area contributed by atoms with Gasteiger partial charge in [-0.25, -0.2) is 0 Å². The second-order valence-electron chi connectivity index (χ2n) is 5.38. The van der Waals surface area contributed by atoms with Crippen LogP contribution in [0, 0.1) is 0 Å². The van der Waals surface area contributed by atoms with Crippen LogP contribution in [0.5, 0.6) is 11.5 Å². The van der Waals surface area contributed by atoms with Crippen LogP contribution in [0.15, 0.2) is 46.9 Å². The molecule has 0 bridgehead atoms. The Morgan fingerprint density at radius 3 is 2.54 bits per heavy atom. The fourth-order valence-corrected chi connectivity index (χ4v) is 2.61. The number of nitrogens with one attached hydrogen (secondary N) is 1. The van der Waals surface area contributed by atoms with Gasteiger partial charge in [-0.05, 0) is 58.2 Å². The highest BCUT2D eigenvalue weighted by Crippen LogP contribution is 2.26. The predicted octanol–water partition coefficient (Wildman–Crippen LogP) is 4.57. The maximum atomic E-state index is 12.3. The van der Waals surface area contributed by atoms with Crippen LogP contribution >= 0.6 is 15.9 Å². The van der Waals surface area contributed by atoms with Gasteiger partial charge in [0, 0.05) is 12.1 Å². The molecule has 1 amide bonds. The molecule has 0 aliphatic carbocycles. The van der Waals surface area contributed by atoms with Crippen LogP contribution in [-0.4, -0.2) is 19.6 Å². The third kappa shape index (κ3) is 5.27. The molecule has 0 spiro atoms. The lowest BCUT2D eigenvalue weighted by Gasteiger charge is -2.10. The molecule has 0 saturated carbocycles. The topological polar surface area (TPSA) is 47.6 Å². The molecule has 1 N–H and O–H groups in total. The van der Waals surface area contributed by atoms with Crippen molar-refractivity contribution in [1.82, 2.24) is 5.32 Å². The van der Waals surface area contributed by atoms with Crippen molar-refractivity contribution in [2.24, 2.45) is 0 Å². The van der Waals surface area contributed by atoms with Gasteiger partial charge in [-0.2, -0.15) is 0 Å². The van der Waals surface area contributed by atoms with Crippen molar-refractivity contribution in [3.05, 3.63) is 58.1 Å². The van der Waals surface area contributed by atoms with Crippen LogP contribution < -0.4 is 14.8 Å². The summed E-state index contributed by atoms with van der Waals surface area (Å²) in [5, 5.41) is 2.91. The Morgan fingerprint density at radius 1 is 1.17 bits per heavy atom. The zero-order valence-corrected chi connectivity index (χ0v) is 15.6. The first kappa shape index (κ1) is 18.3. The van der Waals surface area contributed by atoms with E-state index in [1.165, 1.54) is 0 Å². The van der Waals surface area contributed by atoms with E-state index in [2.05, 4.69) is 28.2 Å². The molecule has 24 heavy (non-hydrogen) atoms. The van der Waals surface area contributed by atoms with Gasteiger partial charge in [-0.1, -0.05) is 25.5 Å². The number of unbranched alkanes of at least 4 members (excludes halogenated alkanes) is 1. The Kier molecular flexibility index (Phi) is 7.12. The molecule has 0 heterocycles. The van der Waals surface area contributed by atoms with Gasteiger partial charge in [0.05, 0.1) is 18.2 Å². The number of hydrogen-bond acceptors (Lipinski definition) is 3. The van der Waals surface area contributed by atoms with Crippen molar-refractivity contribution in [2.45, 2.75) is 26.3 Å². The van der Waals surface area contributed by atoms with Crippen molar-refractivity contribution in [1.29, 1.82) is 0 Å². The molecule has 0 aromatic heterocycles. The molecule has 0 fully saturated rings. The summed E-state index contributed by atoms with van der Waals surface area (Å²) in [5.74, 6) is 1.44. The van der Waals surface area contributed by atoms with Crippen LogP contribution in [-0.2, 0) is 6.54 Å². The standard InChI is InChI=1S/C19H22BrNO3/c1-3-4-11-24-18-10-7-15(12-17(18)20)19(22)21-13-14-5-8-16(23-2)9-6-14/h5-10,12H,3-4,11,13H2,1-2H3,(H,21,22). The Bertz CT molecular complexity index is 671. The van der Waals surface area contributed by atoms with Gasteiger partial charge in [-0.3, -0.25) is 4.79 Å². The van der Waals surface area contributed by atoms with Crippen LogP contribution in [0.25, 0.3) is 0 Å². The largest absolute Gasteiger partial charge is 0.497 e. The average Bonchev–Trinajstić information content (AvgIpc) is 2.61. The summed E-state index contributed by atoms with van der Waals surface area (Å²) < 4.78 is 11.6. The highest BCUT2D eigenvalue weighted by Gasteiger charge is 2.09. The van der Waals surface area contributed by atoms with Gasteiger partial charge in [0.15, 0.2) is 0 Å². The number of carbonyl (C=O) groups excluding carboxylic acids is 1. The maximum Gasteiger partial charge on any atom is 0.251 e. The molecular formula is C19H22BrNO3. The molecule has 2 aromatic carbocycles. The molecular weight excluding hydrogens is 370 g/mol. The molecule has 0 aliphatic heterocycles. The second-order valence-corrected chi connectivity index (χ2v) is 6.23. The summed E-state index contributed by atoms with van der Waals surface area (Å²) in [4.78, 5) is 12.3. The lowest BCUT2D eigenvalue weighted by atomic mass is 10.2. The number of benzene rings is 2. The Morgan fingerprint density at radius 2 is 1.92 bits per heavy atom. The van der Waals surface area contributed by atoms with Crippen molar-refractivity contribution in [3.8, 4) is 11.5 Å². The second kappa shape index (κ2) is 9.33. The van der Waals surface area contributed by atoms with Crippen molar-refractivity contribution >= 4 is 21.8 Å². The molecule has 0 aliphatic rings. The number of halogens is 1. The highest BCUT2D eigenvalue weighted by atomic mass is 79.9. The van der Waals surface area contributed by atoms with E-state index in [9.17, 15) is 4.79 Å². The quantitative estimate of drug-likeness (QED) is 0.670. The summed E-state index contributed by atoms with van der Waals surface area (Å²) in [6.45, 7) is 3.27. The summed E-state index contributed by atoms with van der Waals surface area (Å²) in [7, 11) is 1.63. The summed E-state index contributed by atoms with van der Waals surface area (Å²) >= 11 is 3.46. The minimum atomic E-state index is -0.119. The van der Waals surface area contributed by atoms with E-state index >= 15 is 0 Å². The number of amides is 1. The Labute approximate surface area is 151 Å². The number of carbonyl (C=O) groups is 1. The van der Waals surface area contributed by atoms with E-state index < -0.39 is 0 Å². The zero-order valence-electron chi connectivity index (χ0n) is 14.0. The van der Waals surface area contributed by atoms with Gasteiger partial charge in [-0.15, -0.1) is 0 Å². The van der Waals surface area contributed by atoms with E-state index in [4.69, 9.17) is 9.47 Å². The fourth-order valence-electron chi connectivity index (χ4n) is 2.11.